The normalized spacial score (nSPS) is 12.6. The second-order valence-corrected chi connectivity index (χ2v) is 12.0. The Labute approximate surface area is 176 Å². The first kappa shape index (κ1) is 22.4. The molecule has 0 saturated carbocycles. The van der Waals surface area contributed by atoms with Crippen LogP contribution in [0.25, 0.3) is 22.3 Å². The van der Waals surface area contributed by atoms with Crippen LogP contribution in [0.5, 0.6) is 0 Å². The van der Waals surface area contributed by atoms with Gasteiger partial charge in [-0.25, -0.2) is 0 Å². The van der Waals surface area contributed by atoms with E-state index >= 15 is 0 Å². The van der Waals surface area contributed by atoms with Crippen molar-refractivity contribution in [3.63, 3.8) is 0 Å². The van der Waals surface area contributed by atoms with Crippen molar-refractivity contribution in [2.45, 2.75) is 45.2 Å². The SMILES string of the molecule is CC(C)P(=O)(c1ccccc1-c1ccc(C(F)(F)F)cc1-c1ccccc1)C(C)C. The second-order valence-electron chi connectivity index (χ2n) is 8.04. The van der Waals surface area contributed by atoms with Crippen molar-refractivity contribution in [3.8, 4) is 22.3 Å². The van der Waals surface area contributed by atoms with Crippen LogP contribution in [0.2, 0.25) is 0 Å². The van der Waals surface area contributed by atoms with E-state index in [2.05, 4.69) is 0 Å². The predicted octanol–water partition coefficient (Wildman–Crippen LogP) is 7.84. The van der Waals surface area contributed by atoms with Crippen LogP contribution in [0, 0.1) is 0 Å². The highest BCUT2D eigenvalue weighted by Gasteiger charge is 2.35. The number of alkyl halides is 3. The van der Waals surface area contributed by atoms with E-state index in [1.165, 1.54) is 12.1 Å². The zero-order chi connectivity index (χ0) is 22.1. The molecule has 5 heteroatoms. The van der Waals surface area contributed by atoms with Crippen LogP contribution in [-0.2, 0) is 10.7 Å². The van der Waals surface area contributed by atoms with Gasteiger partial charge in [-0.05, 0) is 34.4 Å². The first-order valence-electron chi connectivity index (χ1n) is 10.0. The standard InChI is InChI=1S/C25H26F3OP/c1-17(2)30(29,18(3)4)24-13-9-8-12-22(24)21-15-14-20(25(26,27)28)16-23(21)19-10-6-5-7-11-19/h5-18H,1-4H3. The van der Waals surface area contributed by atoms with Crippen LogP contribution < -0.4 is 5.30 Å². The number of benzene rings is 3. The van der Waals surface area contributed by atoms with E-state index in [1.807, 2.05) is 58.0 Å². The molecule has 0 aliphatic rings. The fourth-order valence-electron chi connectivity index (χ4n) is 3.97. The van der Waals surface area contributed by atoms with E-state index in [4.69, 9.17) is 0 Å². The minimum Gasteiger partial charge on any atom is -0.318 e. The molecule has 0 aliphatic carbocycles. The summed E-state index contributed by atoms with van der Waals surface area (Å²) in [5.41, 5.74) is 1.72. The number of halogens is 3. The minimum absolute atomic E-state index is 0.0757. The molecule has 0 amide bonds. The highest BCUT2D eigenvalue weighted by atomic mass is 31.2. The molecular weight excluding hydrogens is 404 g/mol. The summed E-state index contributed by atoms with van der Waals surface area (Å²) in [6.07, 6.45) is -4.44. The maximum Gasteiger partial charge on any atom is 0.416 e. The summed E-state index contributed by atoms with van der Waals surface area (Å²) in [6.45, 7) is 7.79. The number of hydrogen-bond acceptors (Lipinski definition) is 1. The van der Waals surface area contributed by atoms with E-state index in [9.17, 15) is 17.7 Å². The fourth-order valence-corrected chi connectivity index (χ4v) is 7.17. The Bertz CT molecular complexity index is 1060. The van der Waals surface area contributed by atoms with Crippen molar-refractivity contribution in [2.24, 2.45) is 0 Å². The first-order valence-corrected chi connectivity index (χ1v) is 11.9. The lowest BCUT2D eigenvalue weighted by molar-refractivity contribution is -0.137. The third-order valence-electron chi connectivity index (χ3n) is 5.54. The fraction of sp³-hybridized carbons (Fsp3) is 0.280. The molecule has 0 N–H and O–H groups in total. The molecule has 0 aromatic heterocycles. The maximum absolute atomic E-state index is 14.1. The Hall–Kier alpha value is -2.32. The molecule has 3 rings (SSSR count). The molecule has 30 heavy (non-hydrogen) atoms. The highest BCUT2D eigenvalue weighted by Crippen LogP contribution is 2.56. The van der Waals surface area contributed by atoms with Gasteiger partial charge >= 0.3 is 6.18 Å². The highest BCUT2D eigenvalue weighted by molar-refractivity contribution is 7.73. The zero-order valence-corrected chi connectivity index (χ0v) is 18.5. The van der Waals surface area contributed by atoms with Crippen LogP contribution in [0.1, 0.15) is 33.3 Å². The topological polar surface area (TPSA) is 17.1 Å². The van der Waals surface area contributed by atoms with Crippen LogP contribution >= 0.6 is 7.14 Å². The van der Waals surface area contributed by atoms with Crippen LogP contribution in [0.3, 0.4) is 0 Å². The Morgan fingerprint density at radius 3 is 1.83 bits per heavy atom. The number of hydrogen-bond donors (Lipinski definition) is 0. The van der Waals surface area contributed by atoms with Gasteiger partial charge in [0.2, 0.25) is 0 Å². The summed E-state index contributed by atoms with van der Waals surface area (Å²) < 4.78 is 54.5. The molecule has 0 bridgehead atoms. The van der Waals surface area contributed by atoms with Gasteiger partial charge in [-0.1, -0.05) is 88.4 Å². The van der Waals surface area contributed by atoms with E-state index in [1.54, 1.807) is 24.3 Å². The molecule has 0 aliphatic heterocycles. The molecule has 0 fully saturated rings. The van der Waals surface area contributed by atoms with Gasteiger partial charge in [0.1, 0.15) is 7.14 Å². The second kappa shape index (κ2) is 8.43. The average Bonchev–Trinajstić information content (AvgIpc) is 2.72. The molecule has 0 saturated heterocycles. The Balaban J connectivity index is 2.34. The smallest absolute Gasteiger partial charge is 0.318 e. The van der Waals surface area contributed by atoms with Gasteiger partial charge in [0.05, 0.1) is 5.56 Å². The Kier molecular flexibility index (Phi) is 6.29. The van der Waals surface area contributed by atoms with E-state index < -0.39 is 18.9 Å². The van der Waals surface area contributed by atoms with Crippen molar-refractivity contribution in [2.75, 3.05) is 0 Å². The molecule has 0 unspecified atom stereocenters. The van der Waals surface area contributed by atoms with E-state index in [0.717, 1.165) is 16.9 Å². The molecule has 3 aromatic rings. The maximum atomic E-state index is 14.1. The van der Waals surface area contributed by atoms with Gasteiger partial charge in [-0.2, -0.15) is 13.2 Å². The Morgan fingerprint density at radius 1 is 0.700 bits per heavy atom. The van der Waals surface area contributed by atoms with E-state index in [-0.39, 0.29) is 11.3 Å². The molecule has 3 aromatic carbocycles. The number of rotatable bonds is 5. The van der Waals surface area contributed by atoms with Gasteiger partial charge in [0.15, 0.2) is 0 Å². The van der Waals surface area contributed by atoms with E-state index in [0.29, 0.717) is 16.7 Å². The van der Waals surface area contributed by atoms with Crippen molar-refractivity contribution >= 4 is 12.4 Å². The molecular formula is C25H26F3OP. The van der Waals surface area contributed by atoms with Crippen LogP contribution in [-0.4, -0.2) is 11.3 Å². The summed E-state index contributed by atoms with van der Waals surface area (Å²) >= 11 is 0. The lowest BCUT2D eigenvalue weighted by Crippen LogP contribution is -2.21. The summed E-state index contributed by atoms with van der Waals surface area (Å²) in [6, 6.07) is 20.3. The molecule has 0 spiro atoms. The van der Waals surface area contributed by atoms with Gasteiger partial charge in [-0.15, -0.1) is 0 Å². The quantitative estimate of drug-likeness (QED) is 0.377. The summed E-state index contributed by atoms with van der Waals surface area (Å²) in [5, 5.41) is 0.729. The summed E-state index contributed by atoms with van der Waals surface area (Å²) in [7, 11) is -2.80. The first-order chi connectivity index (χ1) is 14.1. The van der Waals surface area contributed by atoms with Crippen molar-refractivity contribution in [1.82, 2.24) is 0 Å². The van der Waals surface area contributed by atoms with Gasteiger partial charge < -0.3 is 4.57 Å². The van der Waals surface area contributed by atoms with Crippen LogP contribution in [0.4, 0.5) is 13.2 Å². The monoisotopic (exact) mass is 430 g/mol. The molecule has 0 heterocycles. The van der Waals surface area contributed by atoms with Gasteiger partial charge in [-0.3, -0.25) is 0 Å². The van der Waals surface area contributed by atoms with Crippen molar-refractivity contribution in [1.29, 1.82) is 0 Å². The van der Waals surface area contributed by atoms with Crippen molar-refractivity contribution < 1.29 is 17.7 Å². The van der Waals surface area contributed by atoms with Gasteiger partial charge in [0.25, 0.3) is 0 Å². The molecule has 0 radical (unpaired) electrons. The average molecular weight is 430 g/mol. The van der Waals surface area contributed by atoms with Crippen LogP contribution in [0.15, 0.2) is 72.8 Å². The van der Waals surface area contributed by atoms with Crippen molar-refractivity contribution in [3.05, 3.63) is 78.4 Å². The third-order valence-corrected chi connectivity index (χ3v) is 9.75. The predicted molar refractivity (Wildman–Crippen MR) is 120 cm³/mol. The third kappa shape index (κ3) is 4.11. The summed E-state index contributed by atoms with van der Waals surface area (Å²) in [5.74, 6) is 0. The molecule has 1 nitrogen and oxygen atoms in total. The minimum atomic E-state index is -4.44. The van der Waals surface area contributed by atoms with Gasteiger partial charge in [0, 0.05) is 16.6 Å². The lowest BCUT2D eigenvalue weighted by Gasteiger charge is -2.29. The lowest BCUT2D eigenvalue weighted by atomic mass is 9.92. The summed E-state index contributed by atoms with van der Waals surface area (Å²) in [4.78, 5) is 0. The molecule has 158 valence electrons. The largest absolute Gasteiger partial charge is 0.416 e. The Morgan fingerprint density at radius 2 is 1.27 bits per heavy atom. The molecule has 0 atom stereocenters. The zero-order valence-electron chi connectivity index (χ0n) is 17.6.